The summed E-state index contributed by atoms with van der Waals surface area (Å²) in [5.74, 6) is -1.16. The molecule has 0 saturated carbocycles. The number of nitrogens with zero attached hydrogens (tertiary/aromatic N) is 1. The predicted octanol–water partition coefficient (Wildman–Crippen LogP) is -0.562. The first-order valence-corrected chi connectivity index (χ1v) is 4.37. The van der Waals surface area contributed by atoms with Crippen LogP contribution >= 0.6 is 12.6 Å². The zero-order chi connectivity index (χ0) is 9.02. The number of hydrogen-bond acceptors (Lipinski definition) is 3. The van der Waals surface area contributed by atoms with Crippen molar-refractivity contribution in [2.45, 2.75) is 6.04 Å². The molecule has 2 N–H and O–H groups in total. The molecule has 0 radical (unpaired) electrons. The van der Waals surface area contributed by atoms with E-state index in [-0.39, 0.29) is 5.75 Å². The molecule has 7 heteroatoms. The second kappa shape index (κ2) is 4.70. The van der Waals surface area contributed by atoms with E-state index in [1.165, 1.54) is 7.05 Å². The van der Waals surface area contributed by atoms with E-state index in [1.54, 1.807) is 0 Å². The van der Waals surface area contributed by atoms with Gasteiger partial charge in [0.1, 0.15) is 6.04 Å². The van der Waals surface area contributed by atoms with Crippen molar-refractivity contribution >= 4 is 29.9 Å². The van der Waals surface area contributed by atoms with Crippen LogP contribution in [0.3, 0.4) is 0 Å². The summed E-state index contributed by atoms with van der Waals surface area (Å²) >= 11 is 1.46. The van der Waals surface area contributed by atoms with Gasteiger partial charge in [-0.25, -0.2) is 4.21 Å². The van der Waals surface area contributed by atoms with Gasteiger partial charge in [-0.05, 0) is 0 Å². The van der Waals surface area contributed by atoms with Crippen molar-refractivity contribution in [1.29, 1.82) is 0 Å². The average molecular weight is 199 g/mol. The highest BCUT2D eigenvalue weighted by molar-refractivity contribution is 7.80. The number of likely N-dealkylation sites (N-methyl/N-ethyl adjacent to an activating group) is 1. The summed E-state index contributed by atoms with van der Waals surface area (Å²) in [5, 5.41) is 8.46. The molecule has 0 aromatic rings. The van der Waals surface area contributed by atoms with Crippen LogP contribution in [-0.4, -0.2) is 43.0 Å². The first kappa shape index (κ1) is 10.9. The first-order chi connectivity index (χ1) is 5.00. The molecule has 0 rings (SSSR count). The van der Waals surface area contributed by atoms with Crippen molar-refractivity contribution in [2.75, 3.05) is 12.8 Å². The van der Waals surface area contributed by atoms with Gasteiger partial charge in [0.05, 0.1) is 0 Å². The van der Waals surface area contributed by atoms with Crippen LogP contribution in [0.5, 0.6) is 0 Å². The van der Waals surface area contributed by atoms with Gasteiger partial charge in [0.15, 0.2) is 0 Å². The van der Waals surface area contributed by atoms with E-state index < -0.39 is 23.3 Å². The number of aliphatic carboxylic acids is 1. The van der Waals surface area contributed by atoms with Crippen LogP contribution in [0.15, 0.2) is 0 Å². The molecule has 11 heavy (non-hydrogen) atoms. The Bertz CT molecular complexity index is 173. The molecule has 66 valence electrons. The quantitative estimate of drug-likeness (QED) is 0.419. The van der Waals surface area contributed by atoms with E-state index in [2.05, 4.69) is 12.6 Å². The topological polar surface area (TPSA) is 77.8 Å². The minimum absolute atomic E-state index is 0.00185. The Hall–Kier alpha value is -0.110. The standard InChI is InChI=1S/C4H9NO4S2/c1-5(11(8)9)3(2-10)4(6)7/h3,10H,2H2,1H3,(H,6,7)(H,8,9). The Labute approximate surface area is 72.2 Å². The molecular formula is C4H9NO4S2. The van der Waals surface area contributed by atoms with Crippen LogP contribution in [0.4, 0.5) is 0 Å². The van der Waals surface area contributed by atoms with E-state index in [0.717, 1.165) is 4.31 Å². The fraction of sp³-hybridized carbons (Fsp3) is 0.750. The smallest absolute Gasteiger partial charge is 0.322 e. The summed E-state index contributed by atoms with van der Waals surface area (Å²) in [6.07, 6.45) is 0. The molecule has 0 aliphatic carbocycles. The highest BCUT2D eigenvalue weighted by atomic mass is 32.2. The maximum Gasteiger partial charge on any atom is 0.322 e. The van der Waals surface area contributed by atoms with Crippen LogP contribution in [0, 0.1) is 0 Å². The Kier molecular flexibility index (Phi) is 4.66. The van der Waals surface area contributed by atoms with Gasteiger partial charge in [0, 0.05) is 12.8 Å². The molecular weight excluding hydrogens is 190 g/mol. The molecule has 2 unspecified atom stereocenters. The number of rotatable bonds is 4. The second-order valence-corrected chi connectivity index (χ2v) is 3.22. The molecule has 2 atom stereocenters. The van der Waals surface area contributed by atoms with E-state index in [0.29, 0.717) is 0 Å². The summed E-state index contributed by atoms with van der Waals surface area (Å²) in [6, 6.07) is -1.02. The lowest BCUT2D eigenvalue weighted by Gasteiger charge is -2.17. The van der Waals surface area contributed by atoms with E-state index in [4.69, 9.17) is 9.66 Å². The van der Waals surface area contributed by atoms with Gasteiger partial charge < -0.3 is 5.11 Å². The third kappa shape index (κ3) is 3.19. The zero-order valence-electron chi connectivity index (χ0n) is 5.80. The summed E-state index contributed by atoms with van der Waals surface area (Å²) < 4.78 is 19.6. The molecule has 0 aliphatic rings. The summed E-state index contributed by atoms with van der Waals surface area (Å²) in [6.45, 7) is 0. The lowest BCUT2D eigenvalue weighted by molar-refractivity contribution is -0.140. The fourth-order valence-corrected chi connectivity index (χ4v) is 1.35. The van der Waals surface area contributed by atoms with Crippen LogP contribution in [0.2, 0.25) is 0 Å². The van der Waals surface area contributed by atoms with Crippen molar-refractivity contribution in [2.24, 2.45) is 0 Å². The molecule has 0 amide bonds. The molecule has 0 aromatic heterocycles. The monoisotopic (exact) mass is 199 g/mol. The van der Waals surface area contributed by atoms with Crippen LogP contribution in [0.25, 0.3) is 0 Å². The molecule has 0 aromatic carbocycles. The number of thiol groups is 1. The third-order valence-electron chi connectivity index (χ3n) is 1.14. The second-order valence-electron chi connectivity index (χ2n) is 1.81. The molecule has 0 heterocycles. The fourth-order valence-electron chi connectivity index (χ4n) is 0.457. The highest BCUT2D eigenvalue weighted by Crippen LogP contribution is 2.00. The number of carboxylic acid groups (broad SMARTS) is 1. The van der Waals surface area contributed by atoms with Crippen molar-refractivity contribution in [3.63, 3.8) is 0 Å². The Morgan fingerprint density at radius 1 is 1.82 bits per heavy atom. The molecule has 5 nitrogen and oxygen atoms in total. The van der Waals surface area contributed by atoms with Gasteiger partial charge in [-0.3, -0.25) is 9.35 Å². The first-order valence-electron chi connectivity index (χ1n) is 2.68. The van der Waals surface area contributed by atoms with Crippen molar-refractivity contribution in [3.8, 4) is 0 Å². The molecule has 0 aliphatic heterocycles. The van der Waals surface area contributed by atoms with E-state index >= 15 is 0 Å². The van der Waals surface area contributed by atoms with Crippen LogP contribution in [0.1, 0.15) is 0 Å². The van der Waals surface area contributed by atoms with Crippen molar-refractivity contribution in [3.05, 3.63) is 0 Å². The number of carbonyl (C=O) groups is 1. The number of hydrogen-bond donors (Lipinski definition) is 3. The van der Waals surface area contributed by atoms with E-state index in [9.17, 15) is 9.00 Å². The lowest BCUT2D eigenvalue weighted by atomic mass is 10.3. The zero-order valence-corrected chi connectivity index (χ0v) is 7.51. The minimum atomic E-state index is -2.26. The molecule has 0 spiro atoms. The van der Waals surface area contributed by atoms with Crippen LogP contribution < -0.4 is 0 Å². The van der Waals surface area contributed by atoms with E-state index in [1.807, 2.05) is 0 Å². The van der Waals surface area contributed by atoms with Gasteiger partial charge in [-0.15, -0.1) is 0 Å². The largest absolute Gasteiger partial charge is 0.480 e. The Morgan fingerprint density at radius 3 is 2.36 bits per heavy atom. The Balaban J connectivity index is 4.25. The maximum atomic E-state index is 10.3. The lowest BCUT2D eigenvalue weighted by Crippen LogP contribution is -2.40. The van der Waals surface area contributed by atoms with Crippen LogP contribution in [-0.2, 0) is 16.1 Å². The number of carboxylic acids is 1. The van der Waals surface area contributed by atoms with Gasteiger partial charge in [0.25, 0.3) is 0 Å². The summed E-state index contributed by atoms with van der Waals surface area (Å²) in [5.41, 5.74) is 0. The summed E-state index contributed by atoms with van der Waals surface area (Å²) in [7, 11) is 1.24. The van der Waals surface area contributed by atoms with Gasteiger partial charge in [-0.1, -0.05) is 0 Å². The minimum Gasteiger partial charge on any atom is -0.480 e. The maximum absolute atomic E-state index is 10.3. The highest BCUT2D eigenvalue weighted by Gasteiger charge is 2.24. The Morgan fingerprint density at radius 2 is 2.27 bits per heavy atom. The van der Waals surface area contributed by atoms with Gasteiger partial charge in [0.2, 0.25) is 11.3 Å². The molecule has 0 saturated heterocycles. The normalized spacial score (nSPS) is 16.4. The SMILES string of the molecule is CN(C(CS)C(=O)O)S(=O)O. The van der Waals surface area contributed by atoms with Crippen molar-refractivity contribution < 1.29 is 18.7 Å². The predicted molar refractivity (Wildman–Crippen MR) is 43.8 cm³/mol. The third-order valence-corrected chi connectivity index (χ3v) is 2.24. The van der Waals surface area contributed by atoms with Crippen molar-refractivity contribution in [1.82, 2.24) is 4.31 Å². The molecule has 0 bridgehead atoms. The summed E-state index contributed by atoms with van der Waals surface area (Å²) in [4.78, 5) is 10.3. The average Bonchev–Trinajstić information content (AvgIpc) is 1.88. The van der Waals surface area contributed by atoms with Gasteiger partial charge >= 0.3 is 5.97 Å². The van der Waals surface area contributed by atoms with Gasteiger partial charge in [-0.2, -0.15) is 16.9 Å². The molecule has 0 fully saturated rings.